The predicted octanol–water partition coefficient (Wildman–Crippen LogP) is 4.21. The van der Waals surface area contributed by atoms with Gasteiger partial charge in [-0.25, -0.2) is 4.79 Å². The van der Waals surface area contributed by atoms with Crippen LogP contribution in [0.15, 0.2) is 18.2 Å². The van der Waals surface area contributed by atoms with Gasteiger partial charge in [-0.05, 0) is 22.6 Å². The summed E-state index contributed by atoms with van der Waals surface area (Å²) in [6.45, 7) is 5.62. The van der Waals surface area contributed by atoms with E-state index in [-0.39, 0.29) is 15.8 Å². The number of allylic oxidation sites excluding steroid dienone is 1. The highest BCUT2D eigenvalue weighted by molar-refractivity contribution is 6.35. The number of aliphatic carboxylic acids is 1. The van der Waals surface area contributed by atoms with Gasteiger partial charge in [-0.15, -0.1) is 0 Å². The first kappa shape index (κ1) is 14.9. The van der Waals surface area contributed by atoms with Crippen LogP contribution in [0.5, 0.6) is 5.75 Å². The summed E-state index contributed by atoms with van der Waals surface area (Å²) in [6.07, 6.45) is 1.11. The first-order valence-electron chi connectivity index (χ1n) is 5.26. The Morgan fingerprint density at radius 2 is 1.78 bits per heavy atom. The fourth-order valence-corrected chi connectivity index (χ4v) is 1.99. The third-order valence-electron chi connectivity index (χ3n) is 2.40. The first-order chi connectivity index (χ1) is 8.12. The molecule has 18 heavy (non-hydrogen) atoms. The second kappa shape index (κ2) is 5.21. The van der Waals surface area contributed by atoms with Gasteiger partial charge < -0.3 is 10.2 Å². The summed E-state index contributed by atoms with van der Waals surface area (Å²) in [5.74, 6) is -1.19. The smallest absolute Gasteiger partial charge is 0.328 e. The third-order valence-corrected chi connectivity index (χ3v) is 3.02. The van der Waals surface area contributed by atoms with Crippen molar-refractivity contribution in [2.75, 3.05) is 0 Å². The standard InChI is InChI=1S/C13H14Cl2O3/c1-13(2,3)8(5-12(17)18)7-4-10(15)11(16)6-9(7)14/h4-6,16H,1-3H3,(H,17,18)/b8-5-. The highest BCUT2D eigenvalue weighted by Gasteiger charge is 2.23. The van der Waals surface area contributed by atoms with Crippen LogP contribution in [0.4, 0.5) is 0 Å². The molecule has 5 heteroatoms. The maximum absolute atomic E-state index is 10.9. The van der Waals surface area contributed by atoms with Gasteiger partial charge in [-0.2, -0.15) is 0 Å². The van der Waals surface area contributed by atoms with Crippen molar-refractivity contribution in [2.45, 2.75) is 20.8 Å². The van der Waals surface area contributed by atoms with Crippen molar-refractivity contribution in [3.63, 3.8) is 0 Å². The molecule has 98 valence electrons. The molecule has 0 atom stereocenters. The number of carboxylic acids is 1. The van der Waals surface area contributed by atoms with E-state index in [0.717, 1.165) is 6.08 Å². The van der Waals surface area contributed by atoms with Crippen LogP contribution in [0.3, 0.4) is 0 Å². The van der Waals surface area contributed by atoms with E-state index in [1.54, 1.807) is 0 Å². The van der Waals surface area contributed by atoms with Gasteiger partial charge >= 0.3 is 5.97 Å². The Kier molecular flexibility index (Phi) is 4.30. The van der Waals surface area contributed by atoms with Gasteiger partial charge in [-0.1, -0.05) is 44.0 Å². The number of halogens is 2. The van der Waals surface area contributed by atoms with Gasteiger partial charge in [0, 0.05) is 12.1 Å². The van der Waals surface area contributed by atoms with Gasteiger partial charge in [-0.3, -0.25) is 0 Å². The molecule has 0 radical (unpaired) electrons. The summed E-state index contributed by atoms with van der Waals surface area (Å²) >= 11 is 11.9. The van der Waals surface area contributed by atoms with Crippen LogP contribution in [0.1, 0.15) is 26.3 Å². The summed E-state index contributed by atoms with van der Waals surface area (Å²) in [4.78, 5) is 10.9. The van der Waals surface area contributed by atoms with E-state index in [2.05, 4.69) is 0 Å². The predicted molar refractivity (Wildman–Crippen MR) is 73.2 cm³/mol. The van der Waals surface area contributed by atoms with Gasteiger partial charge in [0.25, 0.3) is 0 Å². The lowest BCUT2D eigenvalue weighted by molar-refractivity contribution is -0.131. The third kappa shape index (κ3) is 3.40. The molecular weight excluding hydrogens is 275 g/mol. The number of benzene rings is 1. The first-order valence-corrected chi connectivity index (χ1v) is 6.02. The largest absolute Gasteiger partial charge is 0.506 e. The average molecular weight is 289 g/mol. The van der Waals surface area contributed by atoms with Crippen molar-refractivity contribution < 1.29 is 15.0 Å². The molecule has 0 aliphatic carbocycles. The number of phenols is 1. The summed E-state index contributed by atoms with van der Waals surface area (Å²) in [7, 11) is 0. The zero-order chi connectivity index (χ0) is 14.1. The molecule has 0 bridgehead atoms. The Hall–Kier alpha value is -1.19. The fraction of sp³-hybridized carbons (Fsp3) is 0.308. The summed E-state index contributed by atoms with van der Waals surface area (Å²) in [5.41, 5.74) is 0.638. The molecule has 0 spiro atoms. The lowest BCUT2D eigenvalue weighted by Gasteiger charge is -2.24. The Morgan fingerprint density at radius 3 is 2.22 bits per heavy atom. The number of phenolic OH excluding ortho intramolecular Hbond substituents is 1. The maximum atomic E-state index is 10.9. The summed E-state index contributed by atoms with van der Waals surface area (Å²) < 4.78 is 0. The van der Waals surface area contributed by atoms with E-state index >= 15 is 0 Å². The molecule has 0 saturated carbocycles. The molecular formula is C13H14Cl2O3. The van der Waals surface area contributed by atoms with Crippen molar-refractivity contribution in [1.82, 2.24) is 0 Å². The van der Waals surface area contributed by atoms with Crippen molar-refractivity contribution in [3.05, 3.63) is 33.8 Å². The molecule has 0 fully saturated rings. The van der Waals surface area contributed by atoms with Crippen LogP contribution in [0, 0.1) is 5.41 Å². The highest BCUT2D eigenvalue weighted by Crippen LogP contribution is 2.40. The Morgan fingerprint density at radius 1 is 1.22 bits per heavy atom. The van der Waals surface area contributed by atoms with E-state index in [1.807, 2.05) is 20.8 Å². The van der Waals surface area contributed by atoms with Crippen molar-refractivity contribution >= 4 is 34.7 Å². The van der Waals surface area contributed by atoms with E-state index in [4.69, 9.17) is 28.3 Å². The number of hydrogen-bond donors (Lipinski definition) is 2. The summed E-state index contributed by atoms with van der Waals surface area (Å²) in [5, 5.41) is 18.8. The van der Waals surface area contributed by atoms with E-state index in [0.29, 0.717) is 11.1 Å². The molecule has 1 rings (SSSR count). The molecule has 3 nitrogen and oxygen atoms in total. The minimum Gasteiger partial charge on any atom is -0.506 e. The fourth-order valence-electron chi connectivity index (χ4n) is 1.56. The molecule has 1 aromatic rings. The zero-order valence-electron chi connectivity index (χ0n) is 10.3. The van der Waals surface area contributed by atoms with Gasteiger partial charge in [0.15, 0.2) is 0 Å². The Balaban J connectivity index is 3.49. The monoisotopic (exact) mass is 288 g/mol. The highest BCUT2D eigenvalue weighted by atomic mass is 35.5. The second-order valence-corrected chi connectivity index (χ2v) is 5.74. The molecule has 1 aromatic carbocycles. The molecule has 2 N–H and O–H groups in total. The van der Waals surface area contributed by atoms with Crippen LogP contribution < -0.4 is 0 Å². The lowest BCUT2D eigenvalue weighted by atomic mass is 9.82. The molecule has 0 heterocycles. The minimum absolute atomic E-state index is 0.131. The SMILES string of the molecule is CC(C)(C)/C(=C\C(=O)O)c1cc(Cl)c(O)cc1Cl. The maximum Gasteiger partial charge on any atom is 0.328 e. The van der Waals surface area contributed by atoms with Crippen LogP contribution in [0.2, 0.25) is 10.0 Å². The minimum atomic E-state index is -1.06. The normalized spacial score (nSPS) is 12.6. The molecule has 0 amide bonds. The van der Waals surface area contributed by atoms with Gasteiger partial charge in [0.05, 0.1) is 10.0 Å². The quantitative estimate of drug-likeness (QED) is 0.802. The number of carboxylic acid groups (broad SMARTS) is 1. The zero-order valence-corrected chi connectivity index (χ0v) is 11.8. The second-order valence-electron chi connectivity index (χ2n) is 4.93. The summed E-state index contributed by atoms with van der Waals surface area (Å²) in [6, 6.07) is 2.78. The number of hydrogen-bond acceptors (Lipinski definition) is 2. The number of rotatable bonds is 2. The van der Waals surface area contributed by atoms with Crippen LogP contribution in [0.25, 0.3) is 5.57 Å². The van der Waals surface area contributed by atoms with Crippen LogP contribution >= 0.6 is 23.2 Å². The molecule has 0 aliphatic rings. The van der Waals surface area contributed by atoms with Gasteiger partial charge in [0.2, 0.25) is 0 Å². The number of aromatic hydroxyl groups is 1. The molecule has 0 aromatic heterocycles. The van der Waals surface area contributed by atoms with Gasteiger partial charge in [0.1, 0.15) is 5.75 Å². The molecule has 0 aliphatic heterocycles. The van der Waals surface area contributed by atoms with Crippen LogP contribution in [-0.2, 0) is 4.79 Å². The molecule has 0 saturated heterocycles. The van der Waals surface area contributed by atoms with Crippen molar-refractivity contribution in [3.8, 4) is 5.75 Å². The van der Waals surface area contributed by atoms with E-state index < -0.39 is 11.4 Å². The van der Waals surface area contributed by atoms with E-state index in [9.17, 15) is 9.90 Å². The van der Waals surface area contributed by atoms with Crippen molar-refractivity contribution in [1.29, 1.82) is 0 Å². The number of carbonyl (C=O) groups is 1. The topological polar surface area (TPSA) is 57.5 Å². The molecule has 0 unspecified atom stereocenters. The van der Waals surface area contributed by atoms with Crippen molar-refractivity contribution in [2.24, 2.45) is 5.41 Å². The van der Waals surface area contributed by atoms with E-state index in [1.165, 1.54) is 12.1 Å². The Labute approximate surface area is 116 Å². The Bertz CT molecular complexity index is 514. The lowest BCUT2D eigenvalue weighted by Crippen LogP contribution is -2.11. The average Bonchev–Trinajstić information content (AvgIpc) is 2.18. The van der Waals surface area contributed by atoms with Crippen LogP contribution in [-0.4, -0.2) is 16.2 Å².